The molecule has 2 rings (SSSR count). The van der Waals surface area contributed by atoms with Crippen LogP contribution in [0.1, 0.15) is 10.4 Å². The van der Waals surface area contributed by atoms with Gasteiger partial charge in [-0.05, 0) is 22.0 Å². The minimum atomic E-state index is -1.10. The zero-order valence-electron chi connectivity index (χ0n) is 9.68. The van der Waals surface area contributed by atoms with Crippen molar-refractivity contribution < 1.29 is 19.4 Å². The maximum atomic E-state index is 12.3. The molecule has 1 aromatic rings. The van der Waals surface area contributed by atoms with E-state index in [9.17, 15) is 9.59 Å². The Morgan fingerprint density at radius 2 is 2.32 bits per heavy atom. The molecule has 1 unspecified atom stereocenters. The second-order valence-corrected chi connectivity index (χ2v) is 5.19. The molecular formula is C11H10BrClN2O4. The summed E-state index contributed by atoms with van der Waals surface area (Å²) in [7, 11) is 0. The molecule has 1 saturated heterocycles. The van der Waals surface area contributed by atoms with Crippen molar-refractivity contribution in [1.29, 1.82) is 0 Å². The number of ether oxygens (including phenoxy) is 1. The number of carbonyl (C=O) groups is 2. The molecule has 8 heteroatoms. The van der Waals surface area contributed by atoms with Crippen molar-refractivity contribution in [3.8, 4) is 0 Å². The number of rotatable bonds is 2. The van der Waals surface area contributed by atoms with Crippen LogP contribution in [0.25, 0.3) is 0 Å². The molecule has 0 aliphatic carbocycles. The van der Waals surface area contributed by atoms with Crippen molar-refractivity contribution in [1.82, 2.24) is 9.88 Å². The normalized spacial score (nSPS) is 19.3. The molecule has 1 amide bonds. The number of carboxylic acids is 1. The van der Waals surface area contributed by atoms with Gasteiger partial charge in [-0.25, -0.2) is 9.78 Å². The first-order valence-corrected chi connectivity index (χ1v) is 6.60. The third-order valence-electron chi connectivity index (χ3n) is 2.71. The molecule has 19 heavy (non-hydrogen) atoms. The summed E-state index contributed by atoms with van der Waals surface area (Å²) in [5.74, 6) is -1.57. The molecule has 1 aromatic heterocycles. The van der Waals surface area contributed by atoms with Crippen LogP contribution < -0.4 is 0 Å². The van der Waals surface area contributed by atoms with Crippen LogP contribution in [0.3, 0.4) is 0 Å². The highest BCUT2D eigenvalue weighted by Crippen LogP contribution is 2.21. The Morgan fingerprint density at radius 1 is 1.58 bits per heavy atom. The molecule has 0 bridgehead atoms. The van der Waals surface area contributed by atoms with E-state index in [-0.39, 0.29) is 23.9 Å². The van der Waals surface area contributed by atoms with Crippen molar-refractivity contribution in [3.63, 3.8) is 0 Å². The molecule has 0 aromatic carbocycles. The van der Waals surface area contributed by atoms with Gasteiger partial charge in [-0.3, -0.25) is 4.79 Å². The number of carbonyl (C=O) groups excluding carboxylic acids is 1. The van der Waals surface area contributed by atoms with Gasteiger partial charge in [0.1, 0.15) is 5.15 Å². The van der Waals surface area contributed by atoms with Gasteiger partial charge in [0.25, 0.3) is 5.91 Å². The van der Waals surface area contributed by atoms with E-state index in [0.717, 1.165) is 0 Å². The van der Waals surface area contributed by atoms with Crippen LogP contribution in [0.15, 0.2) is 16.7 Å². The number of pyridine rings is 1. The maximum Gasteiger partial charge on any atom is 0.328 e. The molecule has 1 N–H and O–H groups in total. The van der Waals surface area contributed by atoms with Crippen LogP contribution in [-0.4, -0.2) is 52.7 Å². The van der Waals surface area contributed by atoms with Gasteiger partial charge < -0.3 is 14.7 Å². The molecule has 1 fully saturated rings. The van der Waals surface area contributed by atoms with Gasteiger partial charge in [-0.15, -0.1) is 0 Å². The Kier molecular flexibility index (Phi) is 4.38. The standard InChI is InChI=1S/C11H10BrClN2O4/c12-6-3-7(9(13)14-4-6)10(16)15-1-2-19-5-8(15)11(17)18/h3-4,8H,1-2,5H2,(H,17,18). The molecular weight excluding hydrogens is 339 g/mol. The second-order valence-electron chi connectivity index (χ2n) is 3.92. The van der Waals surface area contributed by atoms with Crippen LogP contribution in [0.4, 0.5) is 0 Å². The fourth-order valence-electron chi connectivity index (χ4n) is 1.78. The van der Waals surface area contributed by atoms with E-state index in [1.165, 1.54) is 17.2 Å². The van der Waals surface area contributed by atoms with E-state index < -0.39 is 17.9 Å². The van der Waals surface area contributed by atoms with Crippen molar-refractivity contribution in [2.24, 2.45) is 0 Å². The van der Waals surface area contributed by atoms with Crippen molar-refractivity contribution in [2.45, 2.75) is 6.04 Å². The molecule has 0 radical (unpaired) electrons. The molecule has 1 aliphatic rings. The largest absolute Gasteiger partial charge is 0.480 e. The van der Waals surface area contributed by atoms with Crippen molar-refractivity contribution in [3.05, 3.63) is 27.5 Å². The van der Waals surface area contributed by atoms with Gasteiger partial charge in [0.05, 0.1) is 18.8 Å². The average molecular weight is 350 g/mol. The Morgan fingerprint density at radius 3 is 3.00 bits per heavy atom. The summed E-state index contributed by atoms with van der Waals surface area (Å²) in [6, 6.07) is 0.516. The van der Waals surface area contributed by atoms with E-state index in [4.69, 9.17) is 21.4 Å². The number of carboxylic acid groups (broad SMARTS) is 1. The fourth-order valence-corrected chi connectivity index (χ4v) is 2.29. The molecule has 1 atom stereocenters. The minimum Gasteiger partial charge on any atom is -0.480 e. The predicted molar refractivity (Wildman–Crippen MR) is 70.2 cm³/mol. The Bertz CT molecular complexity index is 525. The molecule has 2 heterocycles. The van der Waals surface area contributed by atoms with Gasteiger partial charge in [-0.2, -0.15) is 0 Å². The third-order valence-corrected chi connectivity index (χ3v) is 3.45. The predicted octanol–water partition coefficient (Wildman–Crippen LogP) is 1.42. The van der Waals surface area contributed by atoms with Crippen molar-refractivity contribution >= 4 is 39.4 Å². The molecule has 0 saturated carbocycles. The number of amides is 1. The number of aliphatic carboxylic acids is 1. The number of hydrogen-bond donors (Lipinski definition) is 1. The van der Waals surface area contributed by atoms with E-state index in [1.54, 1.807) is 0 Å². The fraction of sp³-hybridized carbons (Fsp3) is 0.364. The number of aromatic nitrogens is 1. The Labute approximate surface area is 122 Å². The second kappa shape index (κ2) is 5.85. The third kappa shape index (κ3) is 3.05. The topological polar surface area (TPSA) is 79.7 Å². The number of morpholine rings is 1. The van der Waals surface area contributed by atoms with Gasteiger partial charge in [0.2, 0.25) is 0 Å². The zero-order chi connectivity index (χ0) is 14.0. The molecule has 0 spiro atoms. The quantitative estimate of drug-likeness (QED) is 0.817. The average Bonchev–Trinajstić information content (AvgIpc) is 2.40. The highest BCUT2D eigenvalue weighted by molar-refractivity contribution is 9.10. The van der Waals surface area contributed by atoms with Crippen LogP contribution in [0.5, 0.6) is 0 Å². The van der Waals surface area contributed by atoms with E-state index >= 15 is 0 Å². The summed E-state index contributed by atoms with van der Waals surface area (Å²) in [6.07, 6.45) is 1.47. The van der Waals surface area contributed by atoms with Crippen LogP contribution in [0.2, 0.25) is 5.15 Å². The van der Waals surface area contributed by atoms with E-state index in [1.807, 2.05) is 0 Å². The first-order chi connectivity index (χ1) is 9.00. The Hall–Kier alpha value is -1.18. The van der Waals surface area contributed by atoms with Crippen LogP contribution >= 0.6 is 27.5 Å². The van der Waals surface area contributed by atoms with Gasteiger partial charge in [0, 0.05) is 17.2 Å². The van der Waals surface area contributed by atoms with Crippen LogP contribution in [-0.2, 0) is 9.53 Å². The van der Waals surface area contributed by atoms with E-state index in [2.05, 4.69) is 20.9 Å². The maximum absolute atomic E-state index is 12.3. The van der Waals surface area contributed by atoms with Gasteiger partial charge >= 0.3 is 5.97 Å². The molecule has 102 valence electrons. The SMILES string of the molecule is O=C(O)C1COCCN1C(=O)c1cc(Br)cnc1Cl. The number of hydrogen-bond acceptors (Lipinski definition) is 4. The summed E-state index contributed by atoms with van der Waals surface area (Å²) < 4.78 is 5.68. The lowest BCUT2D eigenvalue weighted by Crippen LogP contribution is -2.52. The smallest absolute Gasteiger partial charge is 0.328 e. The lowest BCUT2D eigenvalue weighted by atomic mass is 10.1. The lowest BCUT2D eigenvalue weighted by Gasteiger charge is -2.32. The highest BCUT2D eigenvalue weighted by Gasteiger charge is 2.34. The summed E-state index contributed by atoms with van der Waals surface area (Å²) in [5, 5.41) is 9.14. The first-order valence-electron chi connectivity index (χ1n) is 5.43. The first kappa shape index (κ1) is 14.2. The molecule has 1 aliphatic heterocycles. The van der Waals surface area contributed by atoms with Crippen LogP contribution in [0, 0.1) is 0 Å². The number of halogens is 2. The minimum absolute atomic E-state index is 0.0277. The monoisotopic (exact) mass is 348 g/mol. The summed E-state index contributed by atoms with van der Waals surface area (Å²) in [5.41, 5.74) is 0.171. The van der Waals surface area contributed by atoms with Gasteiger partial charge in [-0.1, -0.05) is 11.6 Å². The lowest BCUT2D eigenvalue weighted by molar-refractivity contribution is -0.147. The zero-order valence-corrected chi connectivity index (χ0v) is 12.0. The van der Waals surface area contributed by atoms with Crippen molar-refractivity contribution in [2.75, 3.05) is 19.8 Å². The van der Waals surface area contributed by atoms with E-state index in [0.29, 0.717) is 11.1 Å². The molecule has 6 nitrogen and oxygen atoms in total. The Balaban J connectivity index is 2.31. The van der Waals surface area contributed by atoms with Gasteiger partial charge in [0.15, 0.2) is 6.04 Å². The summed E-state index contributed by atoms with van der Waals surface area (Å²) in [4.78, 5) is 28.6. The summed E-state index contributed by atoms with van der Waals surface area (Å²) >= 11 is 9.08. The highest BCUT2D eigenvalue weighted by atomic mass is 79.9. The summed E-state index contributed by atoms with van der Waals surface area (Å²) in [6.45, 7) is 0.480. The number of nitrogens with zero attached hydrogens (tertiary/aromatic N) is 2.